The van der Waals surface area contributed by atoms with E-state index in [0.29, 0.717) is 17.9 Å². The Labute approximate surface area is 155 Å². The summed E-state index contributed by atoms with van der Waals surface area (Å²) < 4.78 is 6.24. The van der Waals surface area contributed by atoms with Crippen LogP contribution in [-0.4, -0.2) is 22.9 Å². The number of hydrogen-bond acceptors (Lipinski definition) is 4. The largest absolute Gasteiger partial charge is 0.512 e. The van der Waals surface area contributed by atoms with Gasteiger partial charge in [-0.05, 0) is 42.0 Å². The molecule has 0 saturated carbocycles. The van der Waals surface area contributed by atoms with E-state index in [1.807, 2.05) is 0 Å². The molecule has 2 aliphatic heterocycles. The molecule has 3 N–H and O–H groups in total. The summed E-state index contributed by atoms with van der Waals surface area (Å²) >= 11 is 0. The number of fused-ring (bicyclic) bond motifs is 3. The second kappa shape index (κ2) is 6.34. The zero-order valence-electron chi connectivity index (χ0n) is 15.8. The van der Waals surface area contributed by atoms with Crippen molar-refractivity contribution in [1.82, 2.24) is 0 Å². The smallest absolute Gasteiger partial charge is 0.0979 e. The van der Waals surface area contributed by atoms with E-state index in [1.54, 1.807) is 12.2 Å². The molecular formula is C22H29NO3. The molecule has 4 rings (SSSR count). The first-order chi connectivity index (χ1) is 12.3. The molecule has 0 radical (unpaired) electrons. The van der Waals surface area contributed by atoms with Gasteiger partial charge in [0.15, 0.2) is 0 Å². The summed E-state index contributed by atoms with van der Waals surface area (Å²) in [5, 5.41) is 24.1. The molecule has 4 atom stereocenters. The fourth-order valence-electron chi connectivity index (χ4n) is 4.59. The zero-order chi connectivity index (χ0) is 18.5. The third-order valence-electron chi connectivity index (χ3n) is 6.06. The first kappa shape index (κ1) is 17.5. The van der Waals surface area contributed by atoms with Crippen LogP contribution < -0.4 is 5.32 Å². The SMILES string of the molecule is CC(C)(C)c1ccc2c(c1)[C@H]1OCCC[C@H]1[C@H](C1CC(O)=CC=C1O)N2. The Morgan fingerprint density at radius 3 is 2.73 bits per heavy atom. The van der Waals surface area contributed by atoms with Crippen molar-refractivity contribution in [3.63, 3.8) is 0 Å². The van der Waals surface area contributed by atoms with E-state index in [1.165, 1.54) is 11.1 Å². The van der Waals surface area contributed by atoms with Crippen molar-refractivity contribution in [3.05, 3.63) is 53.0 Å². The second-order valence-corrected chi connectivity index (χ2v) is 8.88. The average Bonchev–Trinajstić information content (AvgIpc) is 2.62. The van der Waals surface area contributed by atoms with Crippen LogP contribution in [0.15, 0.2) is 41.9 Å². The van der Waals surface area contributed by atoms with Gasteiger partial charge in [0.05, 0.1) is 17.6 Å². The first-order valence-electron chi connectivity index (χ1n) is 9.66. The predicted molar refractivity (Wildman–Crippen MR) is 104 cm³/mol. The van der Waals surface area contributed by atoms with E-state index in [0.717, 1.165) is 25.1 Å². The molecule has 2 heterocycles. The van der Waals surface area contributed by atoms with Crippen molar-refractivity contribution in [1.29, 1.82) is 0 Å². The molecule has 26 heavy (non-hydrogen) atoms. The van der Waals surface area contributed by atoms with Gasteiger partial charge < -0.3 is 20.3 Å². The van der Waals surface area contributed by atoms with Gasteiger partial charge in [-0.1, -0.05) is 32.9 Å². The van der Waals surface area contributed by atoms with Crippen LogP contribution in [0.3, 0.4) is 0 Å². The lowest BCUT2D eigenvalue weighted by Crippen LogP contribution is -2.46. The topological polar surface area (TPSA) is 61.7 Å². The molecule has 0 bridgehead atoms. The van der Waals surface area contributed by atoms with Crippen LogP contribution in [-0.2, 0) is 10.2 Å². The maximum Gasteiger partial charge on any atom is 0.0979 e. The van der Waals surface area contributed by atoms with Gasteiger partial charge in [-0.25, -0.2) is 0 Å². The summed E-state index contributed by atoms with van der Waals surface area (Å²) in [6, 6.07) is 6.67. The number of nitrogens with one attached hydrogen (secondary N) is 1. The van der Waals surface area contributed by atoms with Crippen LogP contribution >= 0.6 is 0 Å². The van der Waals surface area contributed by atoms with Gasteiger partial charge in [-0.2, -0.15) is 0 Å². The van der Waals surface area contributed by atoms with Gasteiger partial charge in [0, 0.05) is 42.2 Å². The summed E-state index contributed by atoms with van der Waals surface area (Å²) in [7, 11) is 0. The fraction of sp³-hybridized carbons (Fsp3) is 0.545. The number of allylic oxidation sites excluding steroid dienone is 3. The van der Waals surface area contributed by atoms with Crippen LogP contribution in [0.5, 0.6) is 0 Å². The van der Waals surface area contributed by atoms with E-state index in [4.69, 9.17) is 4.74 Å². The monoisotopic (exact) mass is 355 g/mol. The number of rotatable bonds is 1. The number of benzene rings is 1. The Bertz CT molecular complexity index is 759. The van der Waals surface area contributed by atoms with Crippen LogP contribution in [0.2, 0.25) is 0 Å². The molecule has 0 aromatic heterocycles. The van der Waals surface area contributed by atoms with Crippen molar-refractivity contribution in [3.8, 4) is 0 Å². The summed E-state index contributed by atoms with van der Waals surface area (Å²) in [5.41, 5.74) is 3.73. The molecule has 0 amide bonds. The Hall–Kier alpha value is -1.94. The molecule has 3 aliphatic rings. The van der Waals surface area contributed by atoms with Gasteiger partial charge in [0.2, 0.25) is 0 Å². The van der Waals surface area contributed by atoms with Crippen molar-refractivity contribution in [2.45, 2.75) is 57.6 Å². The fourth-order valence-corrected chi connectivity index (χ4v) is 4.59. The van der Waals surface area contributed by atoms with Crippen molar-refractivity contribution in [2.24, 2.45) is 11.8 Å². The molecule has 0 spiro atoms. The third-order valence-corrected chi connectivity index (χ3v) is 6.06. The van der Waals surface area contributed by atoms with Crippen molar-refractivity contribution < 1.29 is 14.9 Å². The predicted octanol–water partition coefficient (Wildman–Crippen LogP) is 5.15. The molecule has 140 valence electrons. The molecule has 1 saturated heterocycles. The minimum atomic E-state index is -0.121. The lowest BCUT2D eigenvalue weighted by atomic mass is 9.72. The lowest BCUT2D eigenvalue weighted by molar-refractivity contribution is -0.0444. The van der Waals surface area contributed by atoms with E-state index in [2.05, 4.69) is 44.3 Å². The summed E-state index contributed by atoms with van der Waals surface area (Å²) in [6.07, 6.45) is 5.84. The zero-order valence-corrected chi connectivity index (χ0v) is 15.8. The van der Waals surface area contributed by atoms with Crippen LogP contribution in [0, 0.1) is 11.8 Å². The molecule has 1 fully saturated rings. The third kappa shape index (κ3) is 3.01. The highest BCUT2D eigenvalue weighted by atomic mass is 16.5. The number of aliphatic hydroxyl groups excluding tert-OH is 2. The highest BCUT2D eigenvalue weighted by Crippen LogP contribution is 2.48. The van der Waals surface area contributed by atoms with Gasteiger partial charge in [-0.3, -0.25) is 0 Å². The molecule has 4 nitrogen and oxygen atoms in total. The standard InChI is InChI=1S/C22H29NO3/c1-22(2,3)13-6-8-18-16(11-13)21-15(5-4-10-26-21)20(23-18)17-12-14(24)7-9-19(17)25/h6-9,11,15,17,20-21,23-25H,4-5,10,12H2,1-3H3/t15-,17?,20+,21-/m0/s1. The number of anilines is 1. The van der Waals surface area contributed by atoms with Crippen molar-refractivity contribution in [2.75, 3.05) is 11.9 Å². The minimum Gasteiger partial charge on any atom is -0.512 e. The minimum absolute atomic E-state index is 0.0492. The number of hydrogen-bond donors (Lipinski definition) is 3. The Morgan fingerprint density at radius 1 is 1.15 bits per heavy atom. The maximum atomic E-state index is 10.5. The first-order valence-corrected chi connectivity index (χ1v) is 9.66. The second-order valence-electron chi connectivity index (χ2n) is 8.88. The van der Waals surface area contributed by atoms with Gasteiger partial charge in [0.1, 0.15) is 0 Å². The van der Waals surface area contributed by atoms with Gasteiger partial charge >= 0.3 is 0 Å². The molecular weight excluding hydrogens is 326 g/mol. The highest BCUT2D eigenvalue weighted by molar-refractivity contribution is 5.58. The summed E-state index contributed by atoms with van der Waals surface area (Å²) in [5.74, 6) is 0.846. The summed E-state index contributed by atoms with van der Waals surface area (Å²) in [4.78, 5) is 0. The van der Waals surface area contributed by atoms with Crippen LogP contribution in [0.1, 0.15) is 57.3 Å². The Morgan fingerprint density at radius 2 is 1.96 bits per heavy atom. The normalized spacial score (nSPS) is 31.2. The molecule has 4 heteroatoms. The van der Waals surface area contributed by atoms with Crippen LogP contribution in [0.4, 0.5) is 5.69 Å². The van der Waals surface area contributed by atoms with Gasteiger partial charge in [-0.15, -0.1) is 0 Å². The molecule has 1 aliphatic carbocycles. The van der Waals surface area contributed by atoms with Crippen molar-refractivity contribution >= 4 is 5.69 Å². The van der Waals surface area contributed by atoms with E-state index in [9.17, 15) is 10.2 Å². The van der Waals surface area contributed by atoms with Gasteiger partial charge in [0.25, 0.3) is 0 Å². The highest BCUT2D eigenvalue weighted by Gasteiger charge is 2.44. The number of aliphatic hydroxyl groups is 2. The molecule has 1 aromatic carbocycles. The van der Waals surface area contributed by atoms with Crippen LogP contribution in [0.25, 0.3) is 0 Å². The molecule has 1 aromatic rings. The molecule has 1 unspecified atom stereocenters. The lowest BCUT2D eigenvalue weighted by Gasteiger charge is -2.46. The average molecular weight is 355 g/mol. The van der Waals surface area contributed by atoms with E-state index in [-0.39, 0.29) is 29.4 Å². The summed E-state index contributed by atoms with van der Waals surface area (Å²) in [6.45, 7) is 7.47. The van der Waals surface area contributed by atoms with E-state index >= 15 is 0 Å². The maximum absolute atomic E-state index is 10.5. The quantitative estimate of drug-likeness (QED) is 0.652. The Balaban J connectivity index is 1.73. The van der Waals surface area contributed by atoms with E-state index < -0.39 is 0 Å². The Kier molecular flexibility index (Phi) is 4.26. The number of ether oxygens (including phenoxy) is 1.